The fraction of sp³-hybridized carbons (Fsp3) is 0.938. The molecule has 0 unspecified atom stereocenters. The van der Waals surface area contributed by atoms with E-state index >= 15 is 0 Å². The van der Waals surface area contributed by atoms with Crippen molar-refractivity contribution in [3.05, 3.63) is 0 Å². The minimum atomic E-state index is -0.224. The molecular weight excluding hydrogens is 405 g/mol. The van der Waals surface area contributed by atoms with Crippen molar-refractivity contribution in [1.82, 2.24) is 20.4 Å². The van der Waals surface area contributed by atoms with Gasteiger partial charge in [0.2, 0.25) is 0 Å². The molecule has 0 amide bonds. The summed E-state index contributed by atoms with van der Waals surface area (Å²) < 4.78 is 5.41. The van der Waals surface area contributed by atoms with Gasteiger partial charge in [-0.25, -0.2) is 0 Å². The molecular formula is C16H36IN5O. The van der Waals surface area contributed by atoms with Gasteiger partial charge in [0.1, 0.15) is 0 Å². The minimum Gasteiger partial charge on any atom is -0.377 e. The molecule has 1 rings (SSSR count). The number of ether oxygens (including phenoxy) is 1. The first-order valence-electron chi connectivity index (χ1n) is 8.45. The molecule has 0 spiro atoms. The summed E-state index contributed by atoms with van der Waals surface area (Å²) >= 11 is 0. The zero-order chi connectivity index (χ0) is 16.4. The predicted octanol–water partition coefficient (Wildman–Crippen LogP) is 1.22. The van der Waals surface area contributed by atoms with Crippen LogP contribution < -0.4 is 10.6 Å². The minimum absolute atomic E-state index is 0. The second-order valence-electron chi connectivity index (χ2n) is 6.58. The largest absolute Gasteiger partial charge is 0.377 e. The summed E-state index contributed by atoms with van der Waals surface area (Å²) in [6.07, 6.45) is 1.26. The maximum absolute atomic E-state index is 5.41. The summed E-state index contributed by atoms with van der Waals surface area (Å²) in [5.74, 6) is 0.875. The van der Waals surface area contributed by atoms with Gasteiger partial charge in [0.05, 0.1) is 12.1 Å². The van der Waals surface area contributed by atoms with E-state index in [1.165, 1.54) is 19.5 Å². The summed E-state index contributed by atoms with van der Waals surface area (Å²) in [5.41, 5.74) is -0.224. The topological polar surface area (TPSA) is 52.1 Å². The molecule has 1 heterocycles. The van der Waals surface area contributed by atoms with Crippen LogP contribution in [0.4, 0.5) is 0 Å². The van der Waals surface area contributed by atoms with Gasteiger partial charge in [-0.1, -0.05) is 0 Å². The molecule has 0 aromatic rings. The first kappa shape index (κ1) is 22.9. The number of guanidine groups is 1. The summed E-state index contributed by atoms with van der Waals surface area (Å²) in [7, 11) is 3.93. The Hall–Kier alpha value is -0.120. The molecule has 0 saturated carbocycles. The van der Waals surface area contributed by atoms with Gasteiger partial charge in [0.25, 0.3) is 0 Å². The summed E-state index contributed by atoms with van der Waals surface area (Å²) in [6, 6.07) is 0. The lowest BCUT2D eigenvalue weighted by Gasteiger charge is -2.23. The van der Waals surface area contributed by atoms with Crippen LogP contribution in [0.5, 0.6) is 0 Å². The van der Waals surface area contributed by atoms with E-state index in [1.807, 2.05) is 13.8 Å². The third kappa shape index (κ3) is 10.4. The van der Waals surface area contributed by atoms with E-state index < -0.39 is 0 Å². The highest BCUT2D eigenvalue weighted by Gasteiger charge is 2.16. The Labute approximate surface area is 159 Å². The molecule has 0 aromatic carbocycles. The van der Waals surface area contributed by atoms with Crippen molar-refractivity contribution in [2.24, 2.45) is 4.99 Å². The second-order valence-corrected chi connectivity index (χ2v) is 6.58. The zero-order valence-corrected chi connectivity index (χ0v) is 17.9. The van der Waals surface area contributed by atoms with Crippen molar-refractivity contribution in [3.8, 4) is 0 Å². The molecule has 23 heavy (non-hydrogen) atoms. The van der Waals surface area contributed by atoms with Gasteiger partial charge in [0.15, 0.2) is 5.96 Å². The lowest BCUT2D eigenvalue weighted by atomic mass is 10.1. The second kappa shape index (κ2) is 12.3. The molecule has 1 aliphatic rings. The van der Waals surface area contributed by atoms with Crippen molar-refractivity contribution in [2.45, 2.75) is 32.8 Å². The van der Waals surface area contributed by atoms with E-state index in [9.17, 15) is 0 Å². The summed E-state index contributed by atoms with van der Waals surface area (Å²) in [5, 5.41) is 6.72. The highest BCUT2D eigenvalue weighted by molar-refractivity contribution is 14.0. The Kier molecular flexibility index (Phi) is 12.2. The zero-order valence-electron chi connectivity index (χ0n) is 15.5. The van der Waals surface area contributed by atoms with Gasteiger partial charge in [-0.3, -0.25) is 4.99 Å². The average Bonchev–Trinajstić information content (AvgIpc) is 2.70. The molecule has 0 aromatic heterocycles. The van der Waals surface area contributed by atoms with Crippen molar-refractivity contribution < 1.29 is 4.74 Å². The third-order valence-corrected chi connectivity index (χ3v) is 4.05. The van der Waals surface area contributed by atoms with Gasteiger partial charge in [-0.2, -0.15) is 0 Å². The van der Waals surface area contributed by atoms with Crippen molar-refractivity contribution in [2.75, 3.05) is 66.5 Å². The fourth-order valence-electron chi connectivity index (χ4n) is 2.33. The van der Waals surface area contributed by atoms with Crippen LogP contribution in [-0.2, 0) is 4.74 Å². The number of hydrogen-bond donors (Lipinski definition) is 2. The highest BCUT2D eigenvalue weighted by Crippen LogP contribution is 2.06. The van der Waals surface area contributed by atoms with Crippen LogP contribution in [0, 0.1) is 0 Å². The van der Waals surface area contributed by atoms with Gasteiger partial charge in [-0.05, 0) is 47.3 Å². The van der Waals surface area contributed by atoms with E-state index in [-0.39, 0.29) is 29.6 Å². The van der Waals surface area contributed by atoms with Crippen LogP contribution in [-0.4, -0.2) is 87.9 Å². The monoisotopic (exact) mass is 441 g/mol. The van der Waals surface area contributed by atoms with Crippen LogP contribution in [0.1, 0.15) is 27.2 Å². The lowest BCUT2D eigenvalue weighted by Crippen LogP contribution is -2.43. The van der Waals surface area contributed by atoms with Gasteiger partial charge in [0, 0.05) is 39.8 Å². The fourth-order valence-corrected chi connectivity index (χ4v) is 2.33. The molecule has 0 atom stereocenters. The van der Waals surface area contributed by atoms with Crippen molar-refractivity contribution in [1.29, 1.82) is 0 Å². The first-order chi connectivity index (χ1) is 10.5. The molecule has 0 bridgehead atoms. The smallest absolute Gasteiger partial charge is 0.191 e. The van der Waals surface area contributed by atoms with Crippen LogP contribution in [0.15, 0.2) is 4.99 Å². The molecule has 2 N–H and O–H groups in total. The van der Waals surface area contributed by atoms with Gasteiger partial charge >= 0.3 is 0 Å². The summed E-state index contributed by atoms with van der Waals surface area (Å²) in [4.78, 5) is 9.55. The van der Waals surface area contributed by atoms with Crippen LogP contribution in [0.2, 0.25) is 0 Å². The van der Waals surface area contributed by atoms with E-state index in [0.29, 0.717) is 6.54 Å². The molecule has 6 nitrogen and oxygen atoms in total. The van der Waals surface area contributed by atoms with Gasteiger partial charge < -0.3 is 25.2 Å². The maximum atomic E-state index is 5.41. The first-order valence-corrected chi connectivity index (χ1v) is 8.45. The molecule has 7 heteroatoms. The van der Waals surface area contributed by atoms with E-state index in [4.69, 9.17) is 4.74 Å². The quantitative estimate of drug-likeness (QED) is 0.354. The highest BCUT2D eigenvalue weighted by atomic mass is 127. The molecule has 1 fully saturated rings. The Balaban J connectivity index is 0.00000484. The number of halogens is 1. The Morgan fingerprint density at radius 2 is 1.91 bits per heavy atom. The van der Waals surface area contributed by atoms with Crippen LogP contribution in [0.25, 0.3) is 0 Å². The third-order valence-electron chi connectivity index (χ3n) is 4.05. The molecule has 138 valence electrons. The van der Waals surface area contributed by atoms with E-state index in [2.05, 4.69) is 39.4 Å². The number of rotatable bonds is 7. The Bertz CT molecular complexity index is 338. The Morgan fingerprint density at radius 3 is 2.57 bits per heavy atom. The average molecular weight is 441 g/mol. The molecule has 0 aliphatic carbocycles. The molecule has 0 radical (unpaired) electrons. The van der Waals surface area contributed by atoms with E-state index in [0.717, 1.165) is 38.7 Å². The standard InChI is InChI=1S/C16H35N5O.HI/c1-6-17-15(19-14-16(2,3)22-5)18-8-11-21-10-7-9-20(4)12-13-21;/h6-14H2,1-5H3,(H2,17,18,19);1H. The number of nitrogens with one attached hydrogen (secondary N) is 2. The Morgan fingerprint density at radius 1 is 1.17 bits per heavy atom. The van der Waals surface area contributed by atoms with Gasteiger partial charge in [-0.15, -0.1) is 24.0 Å². The normalized spacial score (nSPS) is 18.2. The lowest BCUT2D eigenvalue weighted by molar-refractivity contribution is 0.0310. The SMILES string of the molecule is CCNC(=NCC(C)(C)OC)NCCN1CCCN(C)CC1.I. The van der Waals surface area contributed by atoms with Crippen LogP contribution >= 0.6 is 24.0 Å². The van der Waals surface area contributed by atoms with Crippen molar-refractivity contribution in [3.63, 3.8) is 0 Å². The molecule has 1 saturated heterocycles. The number of nitrogens with zero attached hydrogens (tertiary/aromatic N) is 3. The number of likely N-dealkylation sites (N-methyl/N-ethyl adjacent to an activating group) is 1. The maximum Gasteiger partial charge on any atom is 0.191 e. The predicted molar refractivity (Wildman–Crippen MR) is 109 cm³/mol. The van der Waals surface area contributed by atoms with Crippen molar-refractivity contribution >= 4 is 29.9 Å². The summed E-state index contributed by atoms with van der Waals surface area (Å²) in [6.45, 7) is 14.4. The molecule has 1 aliphatic heterocycles. The number of hydrogen-bond acceptors (Lipinski definition) is 4. The van der Waals surface area contributed by atoms with Crippen LogP contribution in [0.3, 0.4) is 0 Å². The van der Waals surface area contributed by atoms with E-state index in [1.54, 1.807) is 7.11 Å². The number of aliphatic imine (C=N–C) groups is 1. The number of methoxy groups -OCH3 is 1.